The van der Waals surface area contributed by atoms with E-state index in [0.29, 0.717) is 16.8 Å². The van der Waals surface area contributed by atoms with Crippen LogP contribution in [0.1, 0.15) is 27.0 Å². The molecule has 4 N–H and O–H groups in total. The van der Waals surface area contributed by atoms with Gasteiger partial charge in [0.1, 0.15) is 0 Å². The summed E-state index contributed by atoms with van der Waals surface area (Å²) in [4.78, 5) is 27.0. The Morgan fingerprint density at radius 1 is 1.25 bits per heavy atom. The van der Waals surface area contributed by atoms with Crippen LogP contribution in [0.15, 0.2) is 41.6 Å². The second kappa shape index (κ2) is 6.78. The van der Waals surface area contributed by atoms with Gasteiger partial charge >= 0.3 is 5.97 Å². The molecule has 0 atom stereocenters. The van der Waals surface area contributed by atoms with Crippen molar-refractivity contribution in [3.63, 3.8) is 0 Å². The molecule has 0 unspecified atom stereocenters. The van der Waals surface area contributed by atoms with E-state index < -0.39 is 10.9 Å². The average Bonchev–Trinajstić information content (AvgIpc) is 2.54. The normalized spacial score (nSPS) is 11.2. The molecular formula is C16H16N4O4. The Morgan fingerprint density at radius 2 is 1.96 bits per heavy atom. The number of nitro groups is 1. The lowest BCUT2D eigenvalue weighted by Crippen LogP contribution is -2.17. The van der Waals surface area contributed by atoms with Crippen LogP contribution in [0.5, 0.6) is 0 Å². The summed E-state index contributed by atoms with van der Waals surface area (Å²) in [7, 11) is 0. The number of nitrogen functional groups attached to an aromatic ring is 1. The highest BCUT2D eigenvalue weighted by molar-refractivity contribution is 6.00. The zero-order chi connectivity index (χ0) is 17.9. The first-order chi connectivity index (χ1) is 11.3. The Hall–Kier alpha value is -3.42. The molecule has 8 nitrogen and oxygen atoms in total. The lowest BCUT2D eigenvalue weighted by Gasteiger charge is -2.07. The summed E-state index contributed by atoms with van der Waals surface area (Å²) in [5.41, 5.74) is 13.8. The number of nitrogens with zero attached hydrogens (tertiary/aromatic N) is 2. The maximum atomic E-state index is 12.0. The highest BCUT2D eigenvalue weighted by Crippen LogP contribution is 2.19. The number of carbonyl (C=O) groups excluding carboxylic acids is 1. The van der Waals surface area contributed by atoms with E-state index in [9.17, 15) is 14.9 Å². The predicted octanol–water partition coefficient (Wildman–Crippen LogP) is 2.27. The molecule has 0 heterocycles. The molecule has 0 aromatic heterocycles. The van der Waals surface area contributed by atoms with E-state index in [2.05, 4.69) is 5.16 Å². The van der Waals surface area contributed by atoms with Crippen LogP contribution in [0.2, 0.25) is 0 Å². The largest absolute Gasteiger partial charge is 0.398 e. The van der Waals surface area contributed by atoms with Crippen LogP contribution in [0.3, 0.4) is 0 Å². The van der Waals surface area contributed by atoms with E-state index in [1.54, 1.807) is 25.1 Å². The fourth-order valence-corrected chi connectivity index (χ4v) is 2.11. The van der Waals surface area contributed by atoms with Gasteiger partial charge in [-0.05, 0) is 37.6 Å². The molecule has 24 heavy (non-hydrogen) atoms. The third-order valence-electron chi connectivity index (χ3n) is 3.51. The number of amidine groups is 1. The number of oxime groups is 1. The van der Waals surface area contributed by atoms with Gasteiger partial charge in [0.05, 0.1) is 10.5 Å². The van der Waals surface area contributed by atoms with Crippen molar-refractivity contribution in [3.8, 4) is 0 Å². The Kier molecular flexibility index (Phi) is 4.78. The van der Waals surface area contributed by atoms with Crippen molar-refractivity contribution in [1.29, 1.82) is 0 Å². The smallest absolute Gasteiger partial charge is 0.365 e. The maximum absolute atomic E-state index is 12.0. The van der Waals surface area contributed by atoms with Crippen molar-refractivity contribution in [2.75, 3.05) is 5.73 Å². The molecule has 0 saturated carbocycles. The molecule has 0 spiro atoms. The van der Waals surface area contributed by atoms with Crippen LogP contribution in [-0.4, -0.2) is 16.7 Å². The fourth-order valence-electron chi connectivity index (χ4n) is 2.11. The molecule has 124 valence electrons. The Balaban J connectivity index is 2.19. The molecular weight excluding hydrogens is 312 g/mol. The van der Waals surface area contributed by atoms with E-state index in [0.717, 1.165) is 5.56 Å². The first kappa shape index (κ1) is 16.9. The molecule has 2 aromatic rings. The highest BCUT2D eigenvalue weighted by Gasteiger charge is 2.15. The summed E-state index contributed by atoms with van der Waals surface area (Å²) in [5, 5.41) is 14.4. The first-order valence-electron chi connectivity index (χ1n) is 6.96. The number of nitro benzene ring substituents is 1. The molecule has 0 fully saturated rings. The summed E-state index contributed by atoms with van der Waals surface area (Å²) in [6, 6.07) is 9.03. The minimum Gasteiger partial charge on any atom is -0.398 e. The van der Waals surface area contributed by atoms with Crippen molar-refractivity contribution in [2.45, 2.75) is 13.8 Å². The van der Waals surface area contributed by atoms with Crippen molar-refractivity contribution in [2.24, 2.45) is 10.9 Å². The average molecular weight is 328 g/mol. The molecule has 2 aromatic carbocycles. The number of anilines is 1. The Morgan fingerprint density at radius 3 is 2.58 bits per heavy atom. The molecule has 0 aliphatic rings. The maximum Gasteiger partial charge on any atom is 0.365 e. The zero-order valence-electron chi connectivity index (χ0n) is 13.1. The van der Waals surface area contributed by atoms with Crippen molar-refractivity contribution in [3.05, 3.63) is 68.8 Å². The lowest BCUT2D eigenvalue weighted by molar-refractivity contribution is -0.385. The molecule has 0 radical (unpaired) electrons. The predicted molar refractivity (Wildman–Crippen MR) is 89.6 cm³/mol. The number of carbonyl (C=O) groups is 1. The fraction of sp³-hybridized carbons (Fsp3) is 0.125. The number of benzene rings is 2. The SMILES string of the molecule is Cc1cc(C(=O)O/N=C(\N)c2cccc(N)c2C)ccc1[N+](=O)[O-]. The minimum absolute atomic E-state index is 0.00628. The quantitative estimate of drug-likeness (QED) is 0.221. The molecule has 2 rings (SSSR count). The molecule has 0 aliphatic heterocycles. The van der Waals surface area contributed by atoms with Gasteiger partial charge < -0.3 is 16.3 Å². The van der Waals surface area contributed by atoms with Crippen LogP contribution in [0.4, 0.5) is 11.4 Å². The number of hydrogen-bond donors (Lipinski definition) is 2. The summed E-state index contributed by atoms with van der Waals surface area (Å²) >= 11 is 0. The van der Waals surface area contributed by atoms with Crippen molar-refractivity contribution < 1.29 is 14.6 Å². The van der Waals surface area contributed by atoms with Crippen LogP contribution in [-0.2, 0) is 4.84 Å². The van der Waals surface area contributed by atoms with Gasteiger partial charge in [0, 0.05) is 22.9 Å². The standard InChI is InChI=1S/C16H16N4O4/c1-9-8-11(6-7-14(9)20(22)23)16(21)24-19-15(18)12-4-3-5-13(17)10(12)2/h3-8H,17H2,1-2H3,(H2,18,19). The third-order valence-corrected chi connectivity index (χ3v) is 3.51. The Labute approximate surface area is 137 Å². The second-order valence-electron chi connectivity index (χ2n) is 5.13. The van der Waals surface area contributed by atoms with E-state index in [1.807, 2.05) is 0 Å². The Bertz CT molecular complexity index is 846. The topological polar surface area (TPSA) is 134 Å². The second-order valence-corrected chi connectivity index (χ2v) is 5.13. The van der Waals surface area contributed by atoms with Crippen molar-refractivity contribution >= 4 is 23.2 Å². The van der Waals surface area contributed by atoms with Crippen LogP contribution in [0, 0.1) is 24.0 Å². The highest BCUT2D eigenvalue weighted by atomic mass is 16.7. The molecule has 0 aliphatic carbocycles. The zero-order valence-corrected chi connectivity index (χ0v) is 13.1. The van der Waals surface area contributed by atoms with Gasteiger partial charge in [0.15, 0.2) is 5.84 Å². The summed E-state index contributed by atoms with van der Waals surface area (Å²) in [6.07, 6.45) is 0. The molecule has 8 heteroatoms. The third kappa shape index (κ3) is 3.49. The monoisotopic (exact) mass is 328 g/mol. The van der Waals surface area contributed by atoms with Gasteiger partial charge in [-0.3, -0.25) is 10.1 Å². The van der Waals surface area contributed by atoms with Gasteiger partial charge in [0.25, 0.3) is 5.69 Å². The number of hydrogen-bond acceptors (Lipinski definition) is 6. The lowest BCUT2D eigenvalue weighted by atomic mass is 10.1. The number of aryl methyl sites for hydroxylation is 1. The molecule has 0 amide bonds. The van der Waals surface area contributed by atoms with Crippen molar-refractivity contribution in [1.82, 2.24) is 0 Å². The summed E-state index contributed by atoms with van der Waals surface area (Å²) in [6.45, 7) is 3.30. The number of rotatable bonds is 4. The molecule has 0 saturated heterocycles. The van der Waals surface area contributed by atoms with Gasteiger partial charge in [-0.2, -0.15) is 0 Å². The van der Waals surface area contributed by atoms with E-state index >= 15 is 0 Å². The number of nitrogens with two attached hydrogens (primary N) is 2. The minimum atomic E-state index is -0.766. The van der Waals surface area contributed by atoms with E-state index in [1.165, 1.54) is 25.1 Å². The van der Waals surface area contributed by atoms with E-state index in [4.69, 9.17) is 16.3 Å². The van der Waals surface area contributed by atoms with Gasteiger partial charge in [-0.15, -0.1) is 0 Å². The summed E-state index contributed by atoms with van der Waals surface area (Å²) in [5.74, 6) is -0.760. The van der Waals surface area contributed by atoms with Crippen LogP contribution < -0.4 is 11.5 Å². The van der Waals surface area contributed by atoms with Gasteiger partial charge in [0.2, 0.25) is 0 Å². The van der Waals surface area contributed by atoms with Gasteiger partial charge in [-0.1, -0.05) is 17.3 Å². The van der Waals surface area contributed by atoms with Crippen LogP contribution in [0.25, 0.3) is 0 Å². The first-order valence-corrected chi connectivity index (χ1v) is 6.96. The summed E-state index contributed by atoms with van der Waals surface area (Å²) < 4.78 is 0. The van der Waals surface area contributed by atoms with Crippen LogP contribution >= 0.6 is 0 Å². The van der Waals surface area contributed by atoms with E-state index in [-0.39, 0.29) is 17.1 Å². The van der Waals surface area contributed by atoms with Gasteiger partial charge in [-0.25, -0.2) is 4.79 Å². The molecule has 0 bridgehead atoms.